The first-order valence-electron chi connectivity index (χ1n) is 6.34. The molecule has 0 aromatic carbocycles. The van der Waals surface area contributed by atoms with E-state index in [1.165, 1.54) is 0 Å². The molecule has 0 bridgehead atoms. The van der Waals surface area contributed by atoms with E-state index in [0.29, 0.717) is 24.6 Å². The number of unbranched alkanes of at least 4 members (excludes halogenated alkanes) is 1. The van der Waals surface area contributed by atoms with E-state index in [4.69, 9.17) is 9.63 Å². The maximum Gasteiger partial charge on any atom is 0.326 e. The minimum absolute atomic E-state index is 0.136. The van der Waals surface area contributed by atoms with E-state index in [9.17, 15) is 9.59 Å². The van der Waals surface area contributed by atoms with Gasteiger partial charge in [0, 0.05) is 12.8 Å². The molecule has 1 atom stereocenters. The molecule has 106 valence electrons. The van der Waals surface area contributed by atoms with Crippen LogP contribution in [-0.4, -0.2) is 33.2 Å². The van der Waals surface area contributed by atoms with Gasteiger partial charge in [-0.05, 0) is 13.3 Å². The zero-order valence-electron chi connectivity index (χ0n) is 11.2. The Kier molecular flexibility index (Phi) is 5.98. The van der Waals surface area contributed by atoms with Crippen molar-refractivity contribution in [2.75, 3.05) is 0 Å². The highest BCUT2D eigenvalue weighted by molar-refractivity contribution is 5.83. The summed E-state index contributed by atoms with van der Waals surface area (Å²) < 4.78 is 4.87. The molecule has 1 rings (SSSR count). The number of aliphatic carboxylic acids is 1. The van der Waals surface area contributed by atoms with Crippen LogP contribution in [-0.2, 0) is 16.0 Å². The summed E-state index contributed by atoms with van der Waals surface area (Å²) in [4.78, 5) is 26.6. The third-order valence-corrected chi connectivity index (χ3v) is 2.62. The summed E-state index contributed by atoms with van der Waals surface area (Å²) in [5, 5.41) is 15.1. The Balaban J connectivity index is 2.37. The molecule has 1 unspecified atom stereocenters. The first-order valence-corrected chi connectivity index (χ1v) is 6.34. The number of nitrogens with zero attached hydrogens (tertiary/aromatic N) is 2. The van der Waals surface area contributed by atoms with Crippen LogP contribution in [0.2, 0.25) is 0 Å². The van der Waals surface area contributed by atoms with Gasteiger partial charge in [-0.15, -0.1) is 0 Å². The average Bonchev–Trinajstić information content (AvgIpc) is 2.77. The third-order valence-electron chi connectivity index (χ3n) is 2.62. The van der Waals surface area contributed by atoms with Crippen LogP contribution in [0, 0.1) is 6.92 Å². The van der Waals surface area contributed by atoms with Crippen LogP contribution in [0.15, 0.2) is 4.52 Å². The van der Waals surface area contributed by atoms with Crippen molar-refractivity contribution in [1.29, 1.82) is 0 Å². The number of aromatic nitrogens is 2. The van der Waals surface area contributed by atoms with Crippen molar-refractivity contribution in [2.45, 2.75) is 52.0 Å². The van der Waals surface area contributed by atoms with E-state index in [1.54, 1.807) is 6.92 Å². The zero-order chi connectivity index (χ0) is 14.3. The zero-order valence-corrected chi connectivity index (χ0v) is 11.2. The Bertz CT molecular complexity index is 430. The van der Waals surface area contributed by atoms with Gasteiger partial charge < -0.3 is 14.9 Å². The number of carboxylic acids is 1. The fourth-order valence-corrected chi connectivity index (χ4v) is 1.59. The van der Waals surface area contributed by atoms with Crippen molar-refractivity contribution in [1.82, 2.24) is 15.5 Å². The summed E-state index contributed by atoms with van der Waals surface area (Å²) in [6, 6.07) is -0.822. The molecule has 7 heteroatoms. The number of amides is 1. The minimum Gasteiger partial charge on any atom is -0.480 e. The number of nitrogens with one attached hydrogen (secondary N) is 1. The molecule has 1 heterocycles. The molecule has 0 spiro atoms. The number of carboxylic acid groups (broad SMARTS) is 1. The Morgan fingerprint density at radius 3 is 2.74 bits per heavy atom. The second-order valence-corrected chi connectivity index (χ2v) is 4.34. The Hall–Kier alpha value is -1.92. The van der Waals surface area contributed by atoms with Gasteiger partial charge in [0.15, 0.2) is 5.82 Å². The smallest absolute Gasteiger partial charge is 0.326 e. The summed E-state index contributed by atoms with van der Waals surface area (Å²) in [7, 11) is 0. The van der Waals surface area contributed by atoms with E-state index < -0.39 is 12.0 Å². The van der Waals surface area contributed by atoms with E-state index in [1.807, 2.05) is 6.92 Å². The average molecular weight is 269 g/mol. The summed E-state index contributed by atoms with van der Waals surface area (Å²) in [6.07, 6.45) is 2.54. The lowest BCUT2D eigenvalue weighted by Crippen LogP contribution is -2.40. The highest BCUT2D eigenvalue weighted by Gasteiger charge is 2.19. The number of carbonyl (C=O) groups excluding carboxylic acids is 1. The van der Waals surface area contributed by atoms with E-state index in [-0.39, 0.29) is 12.3 Å². The van der Waals surface area contributed by atoms with Crippen LogP contribution >= 0.6 is 0 Å². The molecular formula is C12H19N3O4. The number of hydrogen-bond donors (Lipinski definition) is 2. The van der Waals surface area contributed by atoms with Crippen LogP contribution in [0.25, 0.3) is 0 Å². The number of rotatable bonds is 8. The quantitative estimate of drug-likeness (QED) is 0.731. The van der Waals surface area contributed by atoms with Gasteiger partial charge in [-0.25, -0.2) is 4.79 Å². The maximum atomic E-state index is 11.6. The summed E-state index contributed by atoms with van der Waals surface area (Å²) in [6.45, 7) is 3.66. The Morgan fingerprint density at radius 1 is 1.47 bits per heavy atom. The first kappa shape index (κ1) is 15.1. The SMILES string of the molecule is CCCCC(NC(=O)CCc1nc(C)no1)C(=O)O. The molecule has 19 heavy (non-hydrogen) atoms. The van der Waals surface area contributed by atoms with Crippen LogP contribution in [0.1, 0.15) is 44.3 Å². The van der Waals surface area contributed by atoms with Gasteiger partial charge in [0.05, 0.1) is 0 Å². The van der Waals surface area contributed by atoms with Crippen LogP contribution in [0.3, 0.4) is 0 Å². The number of hydrogen-bond acceptors (Lipinski definition) is 5. The summed E-state index contributed by atoms with van der Waals surface area (Å²) in [5.74, 6) is -0.426. The van der Waals surface area contributed by atoms with Crippen molar-refractivity contribution in [3.05, 3.63) is 11.7 Å². The molecule has 0 aliphatic carbocycles. The van der Waals surface area contributed by atoms with Crippen molar-refractivity contribution in [3.63, 3.8) is 0 Å². The highest BCUT2D eigenvalue weighted by atomic mass is 16.5. The molecule has 0 aliphatic heterocycles. The van der Waals surface area contributed by atoms with Crippen molar-refractivity contribution < 1.29 is 19.2 Å². The molecule has 0 aliphatic rings. The van der Waals surface area contributed by atoms with Gasteiger partial charge in [0.2, 0.25) is 11.8 Å². The predicted molar refractivity (Wildman–Crippen MR) is 66.4 cm³/mol. The van der Waals surface area contributed by atoms with E-state index in [0.717, 1.165) is 12.8 Å². The molecule has 2 N–H and O–H groups in total. The molecule has 1 aromatic rings. The molecule has 0 saturated heterocycles. The van der Waals surface area contributed by atoms with E-state index in [2.05, 4.69) is 15.5 Å². The Morgan fingerprint density at radius 2 is 2.21 bits per heavy atom. The third kappa shape index (κ3) is 5.50. The highest BCUT2D eigenvalue weighted by Crippen LogP contribution is 2.03. The molecule has 0 fully saturated rings. The largest absolute Gasteiger partial charge is 0.480 e. The molecule has 1 amide bonds. The lowest BCUT2D eigenvalue weighted by atomic mass is 10.1. The molecule has 0 saturated carbocycles. The maximum absolute atomic E-state index is 11.6. The van der Waals surface area contributed by atoms with Crippen LogP contribution in [0.4, 0.5) is 0 Å². The van der Waals surface area contributed by atoms with Gasteiger partial charge >= 0.3 is 5.97 Å². The van der Waals surface area contributed by atoms with Crippen LogP contribution in [0.5, 0.6) is 0 Å². The second kappa shape index (κ2) is 7.50. The predicted octanol–water partition coefficient (Wildman–Crippen LogP) is 1.07. The van der Waals surface area contributed by atoms with Gasteiger partial charge in [-0.3, -0.25) is 4.79 Å². The minimum atomic E-state index is -1.00. The fourth-order valence-electron chi connectivity index (χ4n) is 1.59. The van der Waals surface area contributed by atoms with Crippen LogP contribution < -0.4 is 5.32 Å². The van der Waals surface area contributed by atoms with Crippen molar-refractivity contribution in [2.24, 2.45) is 0 Å². The van der Waals surface area contributed by atoms with Gasteiger partial charge in [0.25, 0.3) is 0 Å². The fraction of sp³-hybridized carbons (Fsp3) is 0.667. The summed E-state index contributed by atoms with van der Waals surface area (Å²) in [5.41, 5.74) is 0. The van der Waals surface area contributed by atoms with Crippen molar-refractivity contribution >= 4 is 11.9 Å². The topological polar surface area (TPSA) is 105 Å². The van der Waals surface area contributed by atoms with Gasteiger partial charge in [0.1, 0.15) is 6.04 Å². The molecule has 7 nitrogen and oxygen atoms in total. The lowest BCUT2D eigenvalue weighted by molar-refractivity contribution is -0.142. The molecular weight excluding hydrogens is 250 g/mol. The van der Waals surface area contributed by atoms with Gasteiger partial charge in [-0.2, -0.15) is 4.98 Å². The molecule has 1 aromatic heterocycles. The monoisotopic (exact) mass is 269 g/mol. The Labute approximate surface area is 111 Å². The van der Waals surface area contributed by atoms with Crippen molar-refractivity contribution in [3.8, 4) is 0 Å². The second-order valence-electron chi connectivity index (χ2n) is 4.34. The standard InChI is InChI=1S/C12H19N3O4/c1-3-4-5-9(12(17)18)14-10(16)6-7-11-13-8(2)15-19-11/h9H,3-7H2,1-2H3,(H,14,16)(H,17,18). The number of carbonyl (C=O) groups is 2. The lowest BCUT2D eigenvalue weighted by Gasteiger charge is -2.13. The van der Waals surface area contributed by atoms with Gasteiger partial charge in [-0.1, -0.05) is 24.9 Å². The first-order chi connectivity index (χ1) is 9.02. The van der Waals surface area contributed by atoms with E-state index >= 15 is 0 Å². The summed E-state index contributed by atoms with van der Waals surface area (Å²) >= 11 is 0. The number of aryl methyl sites for hydroxylation is 2. The normalized spacial score (nSPS) is 12.1. The molecule has 0 radical (unpaired) electrons.